The van der Waals surface area contributed by atoms with Crippen LogP contribution in [0.25, 0.3) is 0 Å². The van der Waals surface area contributed by atoms with Gasteiger partial charge in [0.15, 0.2) is 0 Å². The molecule has 0 saturated heterocycles. The molecule has 0 amide bonds. The summed E-state index contributed by atoms with van der Waals surface area (Å²) < 4.78 is 25.9. The summed E-state index contributed by atoms with van der Waals surface area (Å²) in [6, 6.07) is 7.22. The number of rotatable bonds is 6. The van der Waals surface area contributed by atoms with Crippen LogP contribution in [0.3, 0.4) is 0 Å². The van der Waals surface area contributed by atoms with Crippen LogP contribution in [0.5, 0.6) is 0 Å². The van der Waals surface area contributed by atoms with Crippen LogP contribution in [0.2, 0.25) is 0 Å². The lowest BCUT2D eigenvalue weighted by atomic mass is 10.2. The predicted molar refractivity (Wildman–Crippen MR) is 78.9 cm³/mol. The maximum atomic E-state index is 12.3. The van der Waals surface area contributed by atoms with Gasteiger partial charge in [0.25, 0.3) is 0 Å². The number of nitrogens with two attached hydrogens (primary N) is 1. The number of anilines is 1. The zero-order valence-corrected chi connectivity index (χ0v) is 12.8. The second-order valence-electron chi connectivity index (χ2n) is 4.79. The van der Waals surface area contributed by atoms with Gasteiger partial charge in [-0.15, -0.1) is 0 Å². The molecule has 0 radical (unpaired) electrons. The molecule has 0 spiro atoms. The molecular formula is C13H23N3O2S. The highest BCUT2D eigenvalue weighted by Gasteiger charge is 2.23. The van der Waals surface area contributed by atoms with Gasteiger partial charge in [-0.2, -0.15) is 0 Å². The van der Waals surface area contributed by atoms with Crippen LogP contribution in [0.4, 0.5) is 5.69 Å². The summed E-state index contributed by atoms with van der Waals surface area (Å²) in [5.41, 5.74) is 6.27. The van der Waals surface area contributed by atoms with Crippen molar-refractivity contribution in [1.82, 2.24) is 4.31 Å². The molecular weight excluding hydrogens is 262 g/mol. The number of para-hydroxylation sites is 1. The van der Waals surface area contributed by atoms with E-state index in [0.717, 1.165) is 6.42 Å². The van der Waals surface area contributed by atoms with Crippen molar-refractivity contribution in [2.45, 2.75) is 24.3 Å². The Kier molecular flexibility index (Phi) is 5.34. The van der Waals surface area contributed by atoms with Crippen LogP contribution in [0.1, 0.15) is 13.3 Å². The van der Waals surface area contributed by atoms with Gasteiger partial charge in [-0.05, 0) is 32.0 Å². The lowest BCUT2D eigenvalue weighted by Gasteiger charge is -2.29. The molecule has 2 N–H and O–H groups in total. The highest BCUT2D eigenvalue weighted by Crippen LogP contribution is 2.27. The van der Waals surface area contributed by atoms with E-state index in [1.54, 1.807) is 12.1 Å². The van der Waals surface area contributed by atoms with Crippen molar-refractivity contribution < 1.29 is 8.42 Å². The van der Waals surface area contributed by atoms with Gasteiger partial charge in [0.05, 0.1) is 5.69 Å². The van der Waals surface area contributed by atoms with Crippen LogP contribution in [0.15, 0.2) is 29.2 Å². The predicted octanol–water partition coefficient (Wildman–Crippen LogP) is 1.11. The molecule has 0 heterocycles. The van der Waals surface area contributed by atoms with Gasteiger partial charge in [-0.3, -0.25) is 0 Å². The van der Waals surface area contributed by atoms with Gasteiger partial charge in [-0.25, -0.2) is 12.7 Å². The molecule has 0 fully saturated rings. The molecule has 1 aromatic carbocycles. The van der Waals surface area contributed by atoms with Crippen molar-refractivity contribution >= 4 is 15.7 Å². The minimum atomic E-state index is -3.44. The highest BCUT2D eigenvalue weighted by molar-refractivity contribution is 7.89. The zero-order valence-electron chi connectivity index (χ0n) is 12.0. The van der Waals surface area contributed by atoms with Crippen LogP contribution < -0.4 is 10.6 Å². The van der Waals surface area contributed by atoms with Crippen molar-refractivity contribution in [3.63, 3.8) is 0 Å². The first-order valence-electron chi connectivity index (χ1n) is 6.26. The minimum absolute atomic E-state index is 0.184. The highest BCUT2D eigenvalue weighted by atomic mass is 32.2. The second-order valence-corrected chi connectivity index (χ2v) is 6.91. The first-order chi connectivity index (χ1) is 8.82. The standard InChI is InChI=1S/C13H23N3O2S/c1-11(9-10-14)16(4)12-7-5-6-8-13(12)19(17,18)15(2)3/h5-8,11H,9-10,14H2,1-4H3. The van der Waals surface area contributed by atoms with E-state index in [2.05, 4.69) is 0 Å². The van der Waals surface area contributed by atoms with E-state index in [0.29, 0.717) is 17.1 Å². The molecule has 6 heteroatoms. The van der Waals surface area contributed by atoms with Crippen LogP contribution in [-0.4, -0.2) is 46.5 Å². The smallest absolute Gasteiger partial charge is 0.244 e. The zero-order chi connectivity index (χ0) is 14.6. The molecule has 0 aromatic heterocycles. The lowest BCUT2D eigenvalue weighted by Crippen LogP contribution is -2.33. The fraction of sp³-hybridized carbons (Fsp3) is 0.538. The van der Waals surface area contributed by atoms with Crippen LogP contribution in [0, 0.1) is 0 Å². The van der Waals surface area contributed by atoms with E-state index >= 15 is 0 Å². The Bertz CT molecular complexity index is 514. The second kappa shape index (κ2) is 6.36. The number of benzene rings is 1. The Hall–Kier alpha value is -1.11. The van der Waals surface area contributed by atoms with Gasteiger partial charge >= 0.3 is 0 Å². The number of sulfonamides is 1. The van der Waals surface area contributed by atoms with Crippen molar-refractivity contribution in [2.75, 3.05) is 32.6 Å². The van der Waals surface area contributed by atoms with E-state index in [1.807, 2.05) is 31.0 Å². The average Bonchev–Trinajstić information content (AvgIpc) is 2.38. The normalized spacial score (nSPS) is 13.6. The van der Waals surface area contributed by atoms with E-state index in [9.17, 15) is 8.42 Å². The van der Waals surface area contributed by atoms with Gasteiger partial charge < -0.3 is 10.6 Å². The molecule has 19 heavy (non-hydrogen) atoms. The van der Waals surface area contributed by atoms with Gasteiger partial charge in [-0.1, -0.05) is 12.1 Å². The molecule has 0 bridgehead atoms. The third-order valence-corrected chi connectivity index (χ3v) is 5.11. The van der Waals surface area contributed by atoms with Gasteiger partial charge in [0.2, 0.25) is 10.0 Å². The van der Waals surface area contributed by atoms with Gasteiger partial charge in [0.1, 0.15) is 4.90 Å². The van der Waals surface area contributed by atoms with E-state index in [-0.39, 0.29) is 6.04 Å². The van der Waals surface area contributed by atoms with Crippen molar-refractivity contribution in [3.05, 3.63) is 24.3 Å². The fourth-order valence-corrected chi connectivity index (χ4v) is 2.96. The van der Waals surface area contributed by atoms with Crippen molar-refractivity contribution in [1.29, 1.82) is 0 Å². The largest absolute Gasteiger partial charge is 0.371 e. The third-order valence-electron chi connectivity index (χ3n) is 3.25. The average molecular weight is 285 g/mol. The summed E-state index contributed by atoms with van der Waals surface area (Å²) in [5, 5.41) is 0. The van der Waals surface area contributed by atoms with E-state index < -0.39 is 10.0 Å². The van der Waals surface area contributed by atoms with E-state index in [1.165, 1.54) is 18.4 Å². The fourth-order valence-electron chi connectivity index (χ4n) is 1.84. The van der Waals surface area contributed by atoms with E-state index in [4.69, 9.17) is 5.73 Å². The molecule has 1 aromatic rings. The maximum absolute atomic E-state index is 12.3. The summed E-state index contributed by atoms with van der Waals surface area (Å²) in [7, 11) is 1.53. The quantitative estimate of drug-likeness (QED) is 0.850. The molecule has 1 unspecified atom stereocenters. The topological polar surface area (TPSA) is 66.6 Å². The summed E-state index contributed by atoms with van der Waals surface area (Å²) in [5.74, 6) is 0. The Morgan fingerprint density at radius 2 is 1.79 bits per heavy atom. The molecule has 0 aliphatic heterocycles. The minimum Gasteiger partial charge on any atom is -0.371 e. The molecule has 1 rings (SSSR count). The first kappa shape index (κ1) is 15.9. The number of hydrogen-bond donors (Lipinski definition) is 1. The summed E-state index contributed by atoms with van der Waals surface area (Å²) in [6.45, 7) is 2.61. The van der Waals surface area contributed by atoms with Crippen LogP contribution in [-0.2, 0) is 10.0 Å². The van der Waals surface area contributed by atoms with Crippen LogP contribution >= 0.6 is 0 Å². The molecule has 0 aliphatic carbocycles. The molecule has 0 saturated carbocycles. The molecule has 0 aliphatic rings. The lowest BCUT2D eigenvalue weighted by molar-refractivity contribution is 0.520. The SMILES string of the molecule is CC(CCN)N(C)c1ccccc1S(=O)(=O)N(C)C. The Morgan fingerprint density at radius 1 is 1.21 bits per heavy atom. The third kappa shape index (κ3) is 3.46. The Labute approximate surface area is 116 Å². The monoisotopic (exact) mass is 285 g/mol. The number of nitrogens with zero attached hydrogens (tertiary/aromatic N) is 2. The molecule has 5 nitrogen and oxygen atoms in total. The first-order valence-corrected chi connectivity index (χ1v) is 7.70. The summed E-state index contributed by atoms with van der Waals surface area (Å²) >= 11 is 0. The van der Waals surface area contributed by atoms with Crippen molar-refractivity contribution in [3.8, 4) is 0 Å². The Balaban J connectivity index is 3.24. The van der Waals surface area contributed by atoms with Crippen molar-refractivity contribution in [2.24, 2.45) is 5.73 Å². The molecule has 108 valence electrons. The maximum Gasteiger partial charge on any atom is 0.244 e. The summed E-state index contributed by atoms with van der Waals surface area (Å²) in [6.07, 6.45) is 0.812. The number of hydrogen-bond acceptors (Lipinski definition) is 4. The molecule has 1 atom stereocenters. The Morgan fingerprint density at radius 3 is 2.32 bits per heavy atom. The van der Waals surface area contributed by atoms with Gasteiger partial charge in [0, 0.05) is 27.2 Å². The summed E-state index contributed by atoms with van der Waals surface area (Å²) in [4.78, 5) is 2.29.